The zero-order chi connectivity index (χ0) is 19.6. The van der Waals surface area contributed by atoms with Gasteiger partial charge in [-0.05, 0) is 49.1 Å². The molecule has 0 bridgehead atoms. The monoisotopic (exact) mass is 529 g/mol. The summed E-state index contributed by atoms with van der Waals surface area (Å²) in [6.07, 6.45) is 4.99. The molecule has 4 rings (SSSR count). The molecule has 1 saturated carbocycles. The Morgan fingerprint density at radius 3 is 2.72 bits per heavy atom. The van der Waals surface area contributed by atoms with Gasteiger partial charge in [0.1, 0.15) is 11.6 Å². The first-order valence-electron chi connectivity index (χ1n) is 9.68. The van der Waals surface area contributed by atoms with Gasteiger partial charge in [-0.3, -0.25) is 4.99 Å². The number of nitrogens with one attached hydrogen (secondary N) is 2. The molecule has 1 aromatic carbocycles. The van der Waals surface area contributed by atoms with Crippen LogP contribution >= 0.6 is 35.6 Å². The van der Waals surface area contributed by atoms with Crippen molar-refractivity contribution in [3.8, 4) is 0 Å². The molecule has 0 spiro atoms. The second-order valence-electron chi connectivity index (χ2n) is 7.60. The Balaban J connectivity index is 0.00000240. The number of hydrogen-bond acceptors (Lipinski definition) is 3. The molecule has 1 aliphatic heterocycles. The Hall–Kier alpha value is -1.61. The average Bonchev–Trinajstić information content (AvgIpc) is 3.36. The average molecular weight is 530 g/mol. The minimum absolute atomic E-state index is 0. The fourth-order valence-corrected chi connectivity index (χ4v) is 4.08. The van der Waals surface area contributed by atoms with Crippen LogP contribution < -0.4 is 15.5 Å². The maximum absolute atomic E-state index is 13.2. The number of guanidine groups is 1. The molecule has 1 unspecified atom stereocenters. The van der Waals surface area contributed by atoms with Crippen molar-refractivity contribution >= 4 is 47.4 Å². The van der Waals surface area contributed by atoms with Crippen LogP contribution in [0, 0.1) is 5.82 Å². The molecule has 1 aliphatic carbocycles. The molecule has 2 fully saturated rings. The summed E-state index contributed by atoms with van der Waals surface area (Å²) >= 11 is 6.28. The van der Waals surface area contributed by atoms with Gasteiger partial charge in [-0.15, -0.1) is 24.0 Å². The lowest BCUT2D eigenvalue weighted by molar-refractivity contribution is 0.606. The van der Waals surface area contributed by atoms with E-state index in [9.17, 15) is 4.39 Å². The van der Waals surface area contributed by atoms with Crippen LogP contribution in [0.25, 0.3) is 0 Å². The van der Waals surface area contributed by atoms with Gasteiger partial charge in [0.15, 0.2) is 5.96 Å². The number of rotatable bonds is 5. The van der Waals surface area contributed by atoms with Crippen LogP contribution in [-0.2, 0) is 5.41 Å². The molecule has 2 aliphatic rings. The summed E-state index contributed by atoms with van der Waals surface area (Å²) in [4.78, 5) is 11.0. The first kappa shape index (κ1) is 22.1. The predicted molar refractivity (Wildman–Crippen MR) is 127 cm³/mol. The molecule has 0 radical (unpaired) electrons. The molecule has 8 heteroatoms. The first-order chi connectivity index (χ1) is 13.6. The Morgan fingerprint density at radius 1 is 1.31 bits per heavy atom. The van der Waals surface area contributed by atoms with E-state index in [4.69, 9.17) is 11.6 Å². The quantitative estimate of drug-likeness (QED) is 0.350. The zero-order valence-corrected chi connectivity index (χ0v) is 19.5. The Bertz CT molecular complexity index is 856. The maximum Gasteiger partial charge on any atom is 0.191 e. The molecule has 2 aromatic rings. The summed E-state index contributed by atoms with van der Waals surface area (Å²) < 4.78 is 13.2. The third kappa shape index (κ3) is 5.12. The lowest BCUT2D eigenvalue weighted by Gasteiger charge is -2.22. The van der Waals surface area contributed by atoms with Crippen LogP contribution in [0.5, 0.6) is 0 Å². The van der Waals surface area contributed by atoms with E-state index in [1.165, 1.54) is 5.56 Å². The fraction of sp³-hybridized carbons (Fsp3) is 0.429. The molecule has 2 heterocycles. The van der Waals surface area contributed by atoms with E-state index in [1.54, 1.807) is 25.4 Å². The Kier molecular flexibility index (Phi) is 7.21. The molecule has 1 atom stereocenters. The van der Waals surface area contributed by atoms with Crippen molar-refractivity contribution in [3.63, 3.8) is 0 Å². The smallest absolute Gasteiger partial charge is 0.191 e. The van der Waals surface area contributed by atoms with E-state index in [2.05, 4.69) is 25.5 Å². The molecular formula is C21H26ClFIN5. The highest BCUT2D eigenvalue weighted by Crippen LogP contribution is 2.47. The summed E-state index contributed by atoms with van der Waals surface area (Å²) in [6, 6.07) is 10.9. The molecule has 2 N–H and O–H groups in total. The first-order valence-corrected chi connectivity index (χ1v) is 10.1. The lowest BCUT2D eigenvalue weighted by atomic mass is 9.96. The van der Waals surface area contributed by atoms with Crippen LogP contribution in [0.1, 0.15) is 24.8 Å². The van der Waals surface area contributed by atoms with E-state index in [0.29, 0.717) is 5.02 Å². The van der Waals surface area contributed by atoms with Gasteiger partial charge in [-0.2, -0.15) is 0 Å². The predicted octanol–water partition coefficient (Wildman–Crippen LogP) is 3.97. The number of hydrogen-bond donors (Lipinski definition) is 2. The highest BCUT2D eigenvalue weighted by molar-refractivity contribution is 14.0. The van der Waals surface area contributed by atoms with Crippen LogP contribution in [0.2, 0.25) is 5.02 Å². The number of aromatic nitrogens is 1. The van der Waals surface area contributed by atoms with Crippen molar-refractivity contribution < 1.29 is 4.39 Å². The number of benzene rings is 1. The largest absolute Gasteiger partial charge is 0.356 e. The highest BCUT2D eigenvalue weighted by atomic mass is 127. The van der Waals surface area contributed by atoms with Crippen molar-refractivity contribution in [2.45, 2.75) is 30.7 Å². The van der Waals surface area contributed by atoms with Crippen LogP contribution in [-0.4, -0.2) is 43.7 Å². The molecule has 156 valence electrons. The number of nitrogens with zero attached hydrogens (tertiary/aromatic N) is 3. The fourth-order valence-electron chi connectivity index (χ4n) is 3.84. The molecular weight excluding hydrogens is 504 g/mol. The second-order valence-corrected chi connectivity index (χ2v) is 8.00. The summed E-state index contributed by atoms with van der Waals surface area (Å²) in [6.45, 7) is 2.53. The minimum atomic E-state index is -0.191. The Labute approximate surface area is 193 Å². The van der Waals surface area contributed by atoms with Crippen LogP contribution in [0.3, 0.4) is 0 Å². The van der Waals surface area contributed by atoms with Crippen LogP contribution in [0.15, 0.2) is 47.6 Å². The highest BCUT2D eigenvalue weighted by Gasteiger charge is 2.44. The van der Waals surface area contributed by atoms with Crippen molar-refractivity contribution in [3.05, 3.63) is 59.0 Å². The summed E-state index contributed by atoms with van der Waals surface area (Å²) in [5.74, 6) is 1.45. The molecule has 1 saturated heterocycles. The SMILES string of the molecule is CN=C(NCC1(c2ccc(F)cc2)CC1)NC1CCN(c2ncccc2Cl)C1.I. The third-order valence-electron chi connectivity index (χ3n) is 5.70. The van der Waals surface area contributed by atoms with Gasteiger partial charge < -0.3 is 15.5 Å². The van der Waals surface area contributed by atoms with Crippen LogP contribution in [0.4, 0.5) is 10.2 Å². The third-order valence-corrected chi connectivity index (χ3v) is 5.99. The van der Waals surface area contributed by atoms with Gasteiger partial charge in [-0.1, -0.05) is 23.7 Å². The standard InChI is InChI=1S/C21H25ClFN5.HI/c1-24-20(26-14-21(9-10-21)15-4-6-16(23)7-5-15)27-17-8-12-28(13-17)19-18(22)3-2-11-25-19;/h2-7,11,17H,8-10,12-14H2,1H3,(H2,24,26,27);1H. The van der Waals surface area contributed by atoms with E-state index in [-0.39, 0.29) is 41.3 Å². The van der Waals surface area contributed by atoms with Gasteiger partial charge in [0.25, 0.3) is 0 Å². The van der Waals surface area contributed by atoms with Gasteiger partial charge in [0, 0.05) is 44.3 Å². The minimum Gasteiger partial charge on any atom is -0.356 e. The normalized spacial score (nSPS) is 20.2. The lowest BCUT2D eigenvalue weighted by Crippen LogP contribution is -2.46. The number of halogens is 3. The van der Waals surface area contributed by atoms with Gasteiger partial charge in [0.2, 0.25) is 0 Å². The van der Waals surface area contributed by atoms with Crippen molar-refractivity contribution in [2.24, 2.45) is 4.99 Å². The van der Waals surface area contributed by atoms with E-state index in [1.807, 2.05) is 24.3 Å². The molecule has 29 heavy (non-hydrogen) atoms. The summed E-state index contributed by atoms with van der Waals surface area (Å²) in [5.41, 5.74) is 1.28. The zero-order valence-electron chi connectivity index (χ0n) is 16.4. The summed E-state index contributed by atoms with van der Waals surface area (Å²) in [5, 5.41) is 7.66. The van der Waals surface area contributed by atoms with Crippen molar-refractivity contribution in [1.29, 1.82) is 0 Å². The molecule has 0 amide bonds. The Morgan fingerprint density at radius 2 is 2.07 bits per heavy atom. The number of pyridine rings is 1. The molecule has 1 aromatic heterocycles. The van der Waals surface area contributed by atoms with Crippen molar-refractivity contribution in [2.75, 3.05) is 31.6 Å². The van der Waals surface area contributed by atoms with Gasteiger partial charge >= 0.3 is 0 Å². The number of aliphatic imine (C=N–C) groups is 1. The topological polar surface area (TPSA) is 52.6 Å². The van der Waals surface area contributed by atoms with E-state index >= 15 is 0 Å². The van der Waals surface area contributed by atoms with Gasteiger partial charge in [0.05, 0.1) is 5.02 Å². The van der Waals surface area contributed by atoms with Gasteiger partial charge in [-0.25, -0.2) is 9.37 Å². The van der Waals surface area contributed by atoms with E-state index in [0.717, 1.165) is 50.7 Å². The molecule has 5 nitrogen and oxygen atoms in total. The van der Waals surface area contributed by atoms with Crippen molar-refractivity contribution in [1.82, 2.24) is 15.6 Å². The second kappa shape index (κ2) is 9.47. The maximum atomic E-state index is 13.2. The number of anilines is 1. The van der Waals surface area contributed by atoms with E-state index < -0.39 is 0 Å². The summed E-state index contributed by atoms with van der Waals surface area (Å²) in [7, 11) is 1.79.